The summed E-state index contributed by atoms with van der Waals surface area (Å²) in [4.78, 5) is 0. The predicted octanol–water partition coefficient (Wildman–Crippen LogP) is 0.413. The Morgan fingerprint density at radius 3 is 2.88 bits per heavy atom. The molecule has 2 N–H and O–H groups in total. The highest BCUT2D eigenvalue weighted by Crippen LogP contribution is 2.22. The third-order valence-corrected chi connectivity index (χ3v) is 2.24. The topological polar surface area (TPSA) is 84.3 Å². The third kappa shape index (κ3) is 1.98. The van der Waals surface area contributed by atoms with Crippen molar-refractivity contribution in [2.75, 3.05) is 6.61 Å². The van der Waals surface area contributed by atoms with Gasteiger partial charge in [-0.1, -0.05) is 5.21 Å². The average molecular weight is 223 g/mol. The minimum Gasteiger partial charge on any atom is -0.463 e. The molecule has 0 saturated carbocycles. The number of hydrogen-bond donors (Lipinski definition) is 2. The molecule has 16 heavy (non-hydrogen) atoms. The van der Waals surface area contributed by atoms with Crippen LogP contribution < -0.4 is 0 Å². The maximum Gasteiger partial charge on any atom is 0.153 e. The maximum absolute atomic E-state index is 9.15. The Morgan fingerprint density at radius 1 is 1.38 bits per heavy atom. The van der Waals surface area contributed by atoms with Gasteiger partial charge in [0.05, 0.1) is 12.9 Å². The molecule has 0 amide bonds. The zero-order valence-electron chi connectivity index (χ0n) is 8.70. The first-order valence-corrected chi connectivity index (χ1v) is 5.04. The van der Waals surface area contributed by atoms with E-state index >= 15 is 0 Å². The summed E-state index contributed by atoms with van der Waals surface area (Å²) < 4.78 is 6.89. The Hall–Kier alpha value is -1.66. The quantitative estimate of drug-likeness (QED) is 0.767. The molecular weight excluding hydrogens is 210 g/mol. The summed E-state index contributed by atoms with van der Waals surface area (Å²) in [5, 5.41) is 25.7. The number of furan rings is 1. The molecule has 2 heterocycles. The van der Waals surface area contributed by atoms with Gasteiger partial charge in [-0.2, -0.15) is 0 Å². The summed E-state index contributed by atoms with van der Waals surface area (Å²) in [7, 11) is 0. The highest BCUT2D eigenvalue weighted by atomic mass is 16.3. The van der Waals surface area contributed by atoms with Gasteiger partial charge in [0.1, 0.15) is 11.4 Å². The molecule has 6 nitrogen and oxygen atoms in total. The second kappa shape index (κ2) is 4.91. The van der Waals surface area contributed by atoms with Gasteiger partial charge in [0.15, 0.2) is 5.76 Å². The largest absolute Gasteiger partial charge is 0.463 e. The van der Waals surface area contributed by atoms with Gasteiger partial charge in [-0.3, -0.25) is 0 Å². The lowest BCUT2D eigenvalue weighted by Crippen LogP contribution is -2.04. The fourth-order valence-electron chi connectivity index (χ4n) is 1.52. The molecule has 0 radical (unpaired) electrons. The predicted molar refractivity (Wildman–Crippen MR) is 55.3 cm³/mol. The van der Waals surface area contributed by atoms with Crippen molar-refractivity contribution in [3.05, 3.63) is 24.1 Å². The van der Waals surface area contributed by atoms with E-state index in [2.05, 4.69) is 10.3 Å². The number of aromatic nitrogens is 3. The normalized spacial score (nSPS) is 10.9. The van der Waals surface area contributed by atoms with Crippen molar-refractivity contribution >= 4 is 0 Å². The Morgan fingerprint density at radius 2 is 2.25 bits per heavy atom. The molecule has 0 aliphatic carbocycles. The van der Waals surface area contributed by atoms with Crippen LogP contribution in [-0.4, -0.2) is 31.8 Å². The standard InChI is InChI=1S/C10H13N3O3/c14-5-2-4-13-10(8(7-15)11-12-13)9-3-1-6-16-9/h1,3,6,14-15H,2,4-5,7H2. The van der Waals surface area contributed by atoms with E-state index in [9.17, 15) is 0 Å². The lowest BCUT2D eigenvalue weighted by Gasteiger charge is -2.03. The Bertz CT molecular complexity index is 436. The second-order valence-corrected chi connectivity index (χ2v) is 3.32. The molecule has 0 atom stereocenters. The van der Waals surface area contributed by atoms with E-state index in [0.717, 1.165) is 0 Å². The van der Waals surface area contributed by atoms with Crippen molar-refractivity contribution in [3.63, 3.8) is 0 Å². The van der Waals surface area contributed by atoms with Gasteiger partial charge in [0, 0.05) is 13.2 Å². The summed E-state index contributed by atoms with van der Waals surface area (Å²) in [5.74, 6) is 0.618. The van der Waals surface area contributed by atoms with Crippen molar-refractivity contribution in [3.8, 4) is 11.5 Å². The van der Waals surface area contributed by atoms with E-state index in [0.29, 0.717) is 30.1 Å². The third-order valence-electron chi connectivity index (χ3n) is 2.24. The van der Waals surface area contributed by atoms with Gasteiger partial charge in [-0.25, -0.2) is 4.68 Å². The second-order valence-electron chi connectivity index (χ2n) is 3.32. The van der Waals surface area contributed by atoms with Crippen molar-refractivity contribution in [1.29, 1.82) is 0 Å². The summed E-state index contributed by atoms with van der Waals surface area (Å²) in [6, 6.07) is 3.55. The van der Waals surface area contributed by atoms with Crippen LogP contribution in [0.3, 0.4) is 0 Å². The van der Waals surface area contributed by atoms with E-state index in [1.165, 1.54) is 0 Å². The summed E-state index contributed by atoms with van der Waals surface area (Å²) in [5.41, 5.74) is 1.15. The number of aliphatic hydroxyl groups excluding tert-OH is 2. The van der Waals surface area contributed by atoms with Crippen LogP contribution >= 0.6 is 0 Å². The Balaban J connectivity index is 2.35. The number of aryl methyl sites for hydroxylation is 1. The van der Waals surface area contributed by atoms with Gasteiger partial charge in [-0.15, -0.1) is 5.10 Å². The first-order chi connectivity index (χ1) is 7.86. The van der Waals surface area contributed by atoms with Crippen LogP contribution in [0.5, 0.6) is 0 Å². The molecule has 0 unspecified atom stereocenters. The molecule has 0 fully saturated rings. The number of rotatable bonds is 5. The monoisotopic (exact) mass is 223 g/mol. The molecule has 6 heteroatoms. The molecule has 2 aromatic heterocycles. The van der Waals surface area contributed by atoms with Gasteiger partial charge in [0.25, 0.3) is 0 Å². The molecule has 0 aliphatic heterocycles. The molecular formula is C10H13N3O3. The van der Waals surface area contributed by atoms with Crippen LogP contribution in [0.1, 0.15) is 12.1 Å². The fraction of sp³-hybridized carbons (Fsp3) is 0.400. The smallest absolute Gasteiger partial charge is 0.153 e. The van der Waals surface area contributed by atoms with Crippen molar-refractivity contribution in [2.24, 2.45) is 0 Å². The maximum atomic E-state index is 9.15. The lowest BCUT2D eigenvalue weighted by atomic mass is 10.2. The van der Waals surface area contributed by atoms with E-state index in [4.69, 9.17) is 14.6 Å². The van der Waals surface area contributed by atoms with Crippen LogP contribution in [0.25, 0.3) is 11.5 Å². The zero-order valence-corrected chi connectivity index (χ0v) is 8.70. The van der Waals surface area contributed by atoms with Gasteiger partial charge in [0.2, 0.25) is 0 Å². The molecule has 0 aliphatic rings. The molecule has 0 aromatic carbocycles. The van der Waals surface area contributed by atoms with Gasteiger partial charge in [-0.05, 0) is 18.6 Å². The molecule has 0 spiro atoms. The zero-order chi connectivity index (χ0) is 11.4. The summed E-state index contributed by atoms with van der Waals surface area (Å²) in [6.45, 7) is 0.445. The van der Waals surface area contributed by atoms with Crippen LogP contribution in [0.15, 0.2) is 22.8 Å². The van der Waals surface area contributed by atoms with Crippen molar-refractivity contribution in [1.82, 2.24) is 15.0 Å². The first-order valence-electron chi connectivity index (χ1n) is 5.04. The van der Waals surface area contributed by atoms with E-state index < -0.39 is 0 Å². The molecule has 2 aromatic rings. The number of hydrogen-bond acceptors (Lipinski definition) is 5. The van der Waals surface area contributed by atoms with Crippen LogP contribution in [0.2, 0.25) is 0 Å². The van der Waals surface area contributed by atoms with E-state index in [-0.39, 0.29) is 13.2 Å². The van der Waals surface area contributed by atoms with Crippen LogP contribution in [0.4, 0.5) is 0 Å². The van der Waals surface area contributed by atoms with Crippen LogP contribution in [-0.2, 0) is 13.2 Å². The summed E-state index contributed by atoms with van der Waals surface area (Å²) >= 11 is 0. The molecule has 0 saturated heterocycles. The van der Waals surface area contributed by atoms with E-state index in [1.807, 2.05) is 0 Å². The fourth-order valence-corrected chi connectivity index (χ4v) is 1.52. The lowest BCUT2D eigenvalue weighted by molar-refractivity contribution is 0.276. The first kappa shape index (κ1) is 10.8. The Kier molecular flexibility index (Phi) is 3.33. The van der Waals surface area contributed by atoms with Crippen molar-refractivity contribution < 1.29 is 14.6 Å². The van der Waals surface area contributed by atoms with Gasteiger partial charge >= 0.3 is 0 Å². The molecule has 0 bridgehead atoms. The number of nitrogens with zero attached hydrogens (tertiary/aromatic N) is 3. The SMILES string of the molecule is OCCCn1nnc(CO)c1-c1ccco1. The van der Waals surface area contributed by atoms with Gasteiger partial charge < -0.3 is 14.6 Å². The number of aliphatic hydroxyl groups is 2. The highest BCUT2D eigenvalue weighted by Gasteiger charge is 2.15. The Labute approximate surface area is 92.1 Å². The summed E-state index contributed by atoms with van der Waals surface area (Å²) in [6.07, 6.45) is 2.14. The van der Waals surface area contributed by atoms with Crippen LogP contribution in [0, 0.1) is 0 Å². The minimum atomic E-state index is -0.185. The van der Waals surface area contributed by atoms with Crippen molar-refractivity contribution in [2.45, 2.75) is 19.6 Å². The minimum absolute atomic E-state index is 0.0892. The highest BCUT2D eigenvalue weighted by molar-refractivity contribution is 5.54. The average Bonchev–Trinajstić information content (AvgIpc) is 2.94. The molecule has 86 valence electrons. The van der Waals surface area contributed by atoms with E-state index in [1.54, 1.807) is 23.1 Å². The molecule has 2 rings (SSSR count).